The summed E-state index contributed by atoms with van der Waals surface area (Å²) in [6.45, 7) is 4.62. The average Bonchev–Trinajstić information content (AvgIpc) is 3.21. The van der Waals surface area contributed by atoms with Crippen molar-refractivity contribution < 1.29 is 0 Å². The van der Waals surface area contributed by atoms with E-state index in [9.17, 15) is 0 Å². The van der Waals surface area contributed by atoms with E-state index >= 15 is 0 Å². The molecule has 0 N–H and O–H groups in total. The van der Waals surface area contributed by atoms with Gasteiger partial charge in [-0.05, 0) is 75.9 Å². The standard InChI is InChI=1S/C20H26S2/c1-3-18(9-10-20-12-14-22-16-20)6-4-5-17(2)7-8-19-11-13-21-15-19/h7-18H,3-6H2,1-2H3/b8-7+,10-9+. The molecule has 118 valence electrons. The van der Waals surface area contributed by atoms with Crippen molar-refractivity contribution in [2.45, 2.75) is 39.5 Å². The summed E-state index contributed by atoms with van der Waals surface area (Å²) in [6, 6.07) is 4.36. The Morgan fingerprint density at radius 2 is 1.59 bits per heavy atom. The van der Waals surface area contributed by atoms with E-state index in [0.29, 0.717) is 11.8 Å². The summed E-state index contributed by atoms with van der Waals surface area (Å²) in [7, 11) is 0. The van der Waals surface area contributed by atoms with Crippen molar-refractivity contribution >= 4 is 34.8 Å². The summed E-state index contributed by atoms with van der Waals surface area (Å²) in [5.74, 6) is 1.38. The molecule has 0 fully saturated rings. The molecule has 2 aromatic rings. The van der Waals surface area contributed by atoms with Gasteiger partial charge in [-0.15, -0.1) is 0 Å². The molecule has 2 aromatic heterocycles. The highest BCUT2D eigenvalue weighted by Gasteiger charge is 2.04. The van der Waals surface area contributed by atoms with Gasteiger partial charge in [0.2, 0.25) is 0 Å². The SMILES string of the molecule is CCC(/C=C/c1ccsc1)CCCC(C)/C=C/c1ccsc1. The Hall–Kier alpha value is -1.12. The van der Waals surface area contributed by atoms with Crippen LogP contribution in [0.1, 0.15) is 50.7 Å². The van der Waals surface area contributed by atoms with Gasteiger partial charge in [-0.2, -0.15) is 22.7 Å². The van der Waals surface area contributed by atoms with Gasteiger partial charge in [0.1, 0.15) is 0 Å². The Bertz CT molecular complexity index is 547. The first-order chi connectivity index (χ1) is 10.8. The quantitative estimate of drug-likeness (QED) is 0.450. The maximum Gasteiger partial charge on any atom is -0.00209 e. The fraction of sp³-hybridized carbons (Fsp3) is 0.400. The normalized spacial score (nSPS) is 14.8. The molecule has 2 heteroatoms. The van der Waals surface area contributed by atoms with Crippen LogP contribution in [-0.4, -0.2) is 0 Å². The van der Waals surface area contributed by atoms with Gasteiger partial charge in [0, 0.05) is 0 Å². The molecule has 0 aliphatic carbocycles. The maximum absolute atomic E-state index is 2.40. The average molecular weight is 331 g/mol. The largest absolute Gasteiger partial charge is 0.152 e. The summed E-state index contributed by atoms with van der Waals surface area (Å²) in [5.41, 5.74) is 2.68. The van der Waals surface area contributed by atoms with Gasteiger partial charge in [0.05, 0.1) is 0 Å². The van der Waals surface area contributed by atoms with Crippen molar-refractivity contribution in [2.75, 3.05) is 0 Å². The lowest BCUT2D eigenvalue weighted by atomic mass is 9.94. The summed E-state index contributed by atoms with van der Waals surface area (Å²) in [5, 5.41) is 8.68. The second-order valence-electron chi connectivity index (χ2n) is 5.91. The van der Waals surface area contributed by atoms with E-state index in [4.69, 9.17) is 0 Å². The van der Waals surface area contributed by atoms with Gasteiger partial charge >= 0.3 is 0 Å². The topological polar surface area (TPSA) is 0 Å². The Morgan fingerprint density at radius 3 is 2.14 bits per heavy atom. The highest BCUT2D eigenvalue weighted by atomic mass is 32.1. The fourth-order valence-electron chi connectivity index (χ4n) is 2.50. The fourth-order valence-corrected chi connectivity index (χ4v) is 3.75. The molecule has 0 saturated carbocycles. The van der Waals surface area contributed by atoms with Crippen LogP contribution in [-0.2, 0) is 0 Å². The molecule has 2 unspecified atom stereocenters. The first-order valence-corrected chi connectivity index (χ1v) is 10.1. The molecule has 0 radical (unpaired) electrons. The Labute approximate surface area is 143 Å². The van der Waals surface area contributed by atoms with Crippen LogP contribution in [0.25, 0.3) is 12.2 Å². The van der Waals surface area contributed by atoms with Crippen molar-refractivity contribution in [3.8, 4) is 0 Å². The van der Waals surface area contributed by atoms with E-state index in [2.05, 4.69) is 71.8 Å². The molecule has 2 rings (SSSR count). The molecule has 0 aliphatic rings. The van der Waals surface area contributed by atoms with Crippen LogP contribution in [0.2, 0.25) is 0 Å². The second kappa shape index (κ2) is 9.81. The third-order valence-electron chi connectivity index (χ3n) is 4.02. The van der Waals surface area contributed by atoms with E-state index in [-0.39, 0.29) is 0 Å². The lowest BCUT2D eigenvalue weighted by Crippen LogP contribution is -1.97. The summed E-state index contributed by atoms with van der Waals surface area (Å²) in [4.78, 5) is 0. The Balaban J connectivity index is 1.69. The highest BCUT2D eigenvalue weighted by Crippen LogP contribution is 2.20. The van der Waals surface area contributed by atoms with E-state index in [1.165, 1.54) is 36.8 Å². The van der Waals surface area contributed by atoms with Gasteiger partial charge < -0.3 is 0 Å². The van der Waals surface area contributed by atoms with Crippen LogP contribution in [0.3, 0.4) is 0 Å². The predicted molar refractivity (Wildman–Crippen MR) is 104 cm³/mol. The van der Waals surface area contributed by atoms with Crippen LogP contribution in [0.4, 0.5) is 0 Å². The number of rotatable bonds is 9. The highest BCUT2D eigenvalue weighted by molar-refractivity contribution is 7.08. The lowest BCUT2D eigenvalue weighted by Gasteiger charge is -2.11. The molecule has 0 spiro atoms. The zero-order valence-corrected chi connectivity index (χ0v) is 15.2. The van der Waals surface area contributed by atoms with Crippen molar-refractivity contribution in [2.24, 2.45) is 11.8 Å². The van der Waals surface area contributed by atoms with Crippen molar-refractivity contribution in [3.05, 3.63) is 56.9 Å². The van der Waals surface area contributed by atoms with Crippen LogP contribution in [0, 0.1) is 11.8 Å². The second-order valence-corrected chi connectivity index (χ2v) is 7.47. The lowest BCUT2D eigenvalue weighted by molar-refractivity contribution is 0.499. The molecule has 2 heterocycles. The summed E-state index contributed by atoms with van der Waals surface area (Å²) >= 11 is 3.53. The van der Waals surface area contributed by atoms with Gasteiger partial charge in [0.25, 0.3) is 0 Å². The molecule has 0 nitrogen and oxygen atoms in total. The number of allylic oxidation sites excluding steroid dienone is 2. The molecular weight excluding hydrogens is 304 g/mol. The molecule has 0 aliphatic heterocycles. The van der Waals surface area contributed by atoms with Crippen molar-refractivity contribution in [1.29, 1.82) is 0 Å². The van der Waals surface area contributed by atoms with Crippen LogP contribution in [0.15, 0.2) is 45.8 Å². The van der Waals surface area contributed by atoms with Gasteiger partial charge in [0.15, 0.2) is 0 Å². The molecule has 0 bridgehead atoms. The minimum absolute atomic E-state index is 0.665. The van der Waals surface area contributed by atoms with Gasteiger partial charge in [-0.25, -0.2) is 0 Å². The minimum Gasteiger partial charge on any atom is -0.152 e. The first kappa shape index (κ1) is 17.2. The van der Waals surface area contributed by atoms with Crippen molar-refractivity contribution in [3.63, 3.8) is 0 Å². The van der Waals surface area contributed by atoms with Crippen LogP contribution >= 0.6 is 22.7 Å². The Morgan fingerprint density at radius 1 is 0.955 bits per heavy atom. The van der Waals surface area contributed by atoms with Gasteiger partial charge in [-0.1, -0.05) is 44.6 Å². The van der Waals surface area contributed by atoms with Crippen molar-refractivity contribution in [1.82, 2.24) is 0 Å². The number of hydrogen-bond donors (Lipinski definition) is 0. The number of hydrogen-bond acceptors (Lipinski definition) is 2. The maximum atomic E-state index is 2.40. The van der Waals surface area contributed by atoms with Gasteiger partial charge in [-0.3, -0.25) is 0 Å². The molecule has 0 saturated heterocycles. The monoisotopic (exact) mass is 330 g/mol. The van der Waals surface area contributed by atoms with E-state index in [1.54, 1.807) is 22.7 Å². The summed E-state index contributed by atoms with van der Waals surface area (Å²) < 4.78 is 0. The molecule has 22 heavy (non-hydrogen) atoms. The molecule has 2 atom stereocenters. The number of thiophene rings is 2. The zero-order valence-electron chi connectivity index (χ0n) is 13.6. The predicted octanol–water partition coefficient (Wildman–Crippen LogP) is 7.37. The third kappa shape index (κ3) is 6.33. The van der Waals surface area contributed by atoms with Crippen LogP contribution in [0.5, 0.6) is 0 Å². The molecule has 0 aromatic carbocycles. The molecule has 0 amide bonds. The smallest absolute Gasteiger partial charge is 0.00209 e. The first-order valence-electron chi connectivity index (χ1n) is 8.18. The van der Waals surface area contributed by atoms with E-state index < -0.39 is 0 Å². The Kier molecular flexibility index (Phi) is 7.68. The summed E-state index contributed by atoms with van der Waals surface area (Å²) in [6.07, 6.45) is 14.4. The van der Waals surface area contributed by atoms with E-state index in [0.717, 1.165) is 0 Å². The molecular formula is C20H26S2. The van der Waals surface area contributed by atoms with E-state index in [1.807, 2.05) is 0 Å². The minimum atomic E-state index is 0.665. The van der Waals surface area contributed by atoms with Crippen LogP contribution < -0.4 is 0 Å². The third-order valence-corrected chi connectivity index (χ3v) is 5.43. The zero-order chi connectivity index (χ0) is 15.6.